The van der Waals surface area contributed by atoms with Crippen LogP contribution in [0.1, 0.15) is 24.3 Å². The summed E-state index contributed by atoms with van der Waals surface area (Å²) in [6.07, 6.45) is 1.86. The Hall–Kier alpha value is -0.810. The fraction of sp³-hybridized carbons (Fsp3) is 0.455. The molecule has 0 bridgehead atoms. The minimum atomic E-state index is -0.545. The van der Waals surface area contributed by atoms with Gasteiger partial charge in [0.2, 0.25) is 0 Å². The quantitative estimate of drug-likeness (QED) is 0.696. The molecule has 3 N–H and O–H groups in total. The van der Waals surface area contributed by atoms with E-state index in [1.807, 2.05) is 0 Å². The summed E-state index contributed by atoms with van der Waals surface area (Å²) in [5.74, 6) is -1.14. The highest BCUT2D eigenvalue weighted by Gasteiger charge is 2.25. The molecule has 0 saturated carbocycles. The zero-order chi connectivity index (χ0) is 11.7. The van der Waals surface area contributed by atoms with Crippen LogP contribution in [0.3, 0.4) is 0 Å². The van der Waals surface area contributed by atoms with Crippen molar-refractivity contribution < 1.29 is 14.6 Å². The summed E-state index contributed by atoms with van der Waals surface area (Å²) in [4.78, 5) is 0. The number of benzene rings is 1. The predicted molar refractivity (Wildman–Crippen MR) is 62.3 cm³/mol. The molecule has 0 spiro atoms. The van der Waals surface area contributed by atoms with Crippen LogP contribution in [-0.4, -0.2) is 23.3 Å². The first kappa shape index (κ1) is 11.7. The van der Waals surface area contributed by atoms with Crippen molar-refractivity contribution in [3.63, 3.8) is 0 Å². The van der Waals surface area contributed by atoms with Crippen LogP contribution in [0.15, 0.2) is 10.5 Å². The summed E-state index contributed by atoms with van der Waals surface area (Å²) in [7, 11) is 0. The molecule has 16 heavy (non-hydrogen) atoms. The number of halogens is 2. The lowest BCUT2D eigenvalue weighted by molar-refractivity contribution is 0.379. The van der Waals surface area contributed by atoms with Gasteiger partial charge >= 0.3 is 0 Å². The summed E-state index contributed by atoms with van der Waals surface area (Å²) in [5.41, 5.74) is 0.463. The monoisotopic (exact) mass is 289 g/mol. The van der Waals surface area contributed by atoms with Crippen LogP contribution in [0, 0.1) is 5.82 Å². The second-order valence-corrected chi connectivity index (χ2v) is 4.79. The molecule has 1 fully saturated rings. The summed E-state index contributed by atoms with van der Waals surface area (Å²) in [6, 6.07) is 0.916. The summed E-state index contributed by atoms with van der Waals surface area (Å²) in [6.45, 7) is 1.63. The highest BCUT2D eigenvalue weighted by Crippen LogP contribution is 2.42. The van der Waals surface area contributed by atoms with Gasteiger partial charge in [0.1, 0.15) is 5.82 Å². The molecule has 0 aliphatic carbocycles. The molecule has 0 aromatic heterocycles. The molecule has 1 aliphatic rings. The van der Waals surface area contributed by atoms with Gasteiger partial charge in [0.05, 0.1) is 4.47 Å². The van der Waals surface area contributed by atoms with Gasteiger partial charge in [0.15, 0.2) is 11.5 Å². The normalized spacial score (nSPS) is 21.0. The number of phenolic OH excluding ortho intramolecular Hbond substituents is 2. The van der Waals surface area contributed by atoms with E-state index in [9.17, 15) is 14.6 Å². The Morgan fingerprint density at radius 1 is 1.44 bits per heavy atom. The van der Waals surface area contributed by atoms with Gasteiger partial charge in [0, 0.05) is 24.1 Å². The Morgan fingerprint density at radius 3 is 2.81 bits per heavy atom. The van der Waals surface area contributed by atoms with Gasteiger partial charge in [-0.25, -0.2) is 4.39 Å². The van der Waals surface area contributed by atoms with E-state index < -0.39 is 11.6 Å². The summed E-state index contributed by atoms with van der Waals surface area (Å²) >= 11 is 3.13. The maximum absolute atomic E-state index is 13.4. The van der Waals surface area contributed by atoms with Gasteiger partial charge in [-0.3, -0.25) is 0 Å². The maximum Gasteiger partial charge on any atom is 0.162 e. The van der Waals surface area contributed by atoms with E-state index in [2.05, 4.69) is 21.2 Å². The van der Waals surface area contributed by atoms with Gasteiger partial charge < -0.3 is 15.5 Å². The fourth-order valence-electron chi connectivity index (χ4n) is 2.09. The summed E-state index contributed by atoms with van der Waals surface area (Å²) < 4.78 is 13.7. The van der Waals surface area contributed by atoms with E-state index in [1.165, 1.54) is 0 Å². The van der Waals surface area contributed by atoms with Gasteiger partial charge in [-0.2, -0.15) is 0 Å². The fourth-order valence-corrected chi connectivity index (χ4v) is 2.72. The second kappa shape index (κ2) is 4.59. The Morgan fingerprint density at radius 2 is 2.19 bits per heavy atom. The molecule has 1 unspecified atom stereocenters. The molecule has 1 atom stereocenters. The Labute approximate surface area is 101 Å². The molecule has 1 aromatic rings. The number of nitrogens with one attached hydrogen (secondary N) is 1. The van der Waals surface area contributed by atoms with Gasteiger partial charge in [0.25, 0.3) is 0 Å². The lowest BCUT2D eigenvalue weighted by atomic mass is 9.90. The lowest BCUT2D eigenvalue weighted by Crippen LogP contribution is -2.28. The molecule has 0 amide bonds. The van der Waals surface area contributed by atoms with Gasteiger partial charge in [-0.1, -0.05) is 0 Å². The topological polar surface area (TPSA) is 52.5 Å². The average molecular weight is 290 g/mol. The van der Waals surface area contributed by atoms with Crippen molar-refractivity contribution in [2.45, 2.75) is 18.8 Å². The van der Waals surface area contributed by atoms with Crippen molar-refractivity contribution in [1.82, 2.24) is 5.32 Å². The largest absolute Gasteiger partial charge is 0.504 e. The number of aromatic hydroxyl groups is 2. The zero-order valence-corrected chi connectivity index (χ0v) is 10.2. The molecule has 1 heterocycles. The van der Waals surface area contributed by atoms with Crippen molar-refractivity contribution in [1.29, 1.82) is 0 Å². The van der Waals surface area contributed by atoms with Crippen LogP contribution >= 0.6 is 15.9 Å². The number of hydrogen-bond donors (Lipinski definition) is 3. The van der Waals surface area contributed by atoms with Crippen molar-refractivity contribution in [2.75, 3.05) is 13.1 Å². The second-order valence-electron chi connectivity index (χ2n) is 4.00. The Kier molecular flexibility index (Phi) is 3.35. The number of hydrogen-bond acceptors (Lipinski definition) is 3. The average Bonchev–Trinajstić information content (AvgIpc) is 2.28. The highest BCUT2D eigenvalue weighted by atomic mass is 79.9. The number of rotatable bonds is 1. The van der Waals surface area contributed by atoms with Crippen molar-refractivity contribution in [3.8, 4) is 11.5 Å². The van der Waals surface area contributed by atoms with Crippen LogP contribution in [0.4, 0.5) is 4.39 Å². The highest BCUT2D eigenvalue weighted by molar-refractivity contribution is 9.10. The van der Waals surface area contributed by atoms with E-state index in [0.717, 1.165) is 25.5 Å². The molecule has 3 nitrogen and oxygen atoms in total. The molecular formula is C11H13BrFNO2. The smallest absolute Gasteiger partial charge is 0.162 e. The number of piperidine rings is 1. The first-order valence-electron chi connectivity index (χ1n) is 5.21. The lowest BCUT2D eigenvalue weighted by Gasteiger charge is -2.25. The van der Waals surface area contributed by atoms with Crippen molar-refractivity contribution in [3.05, 3.63) is 21.9 Å². The van der Waals surface area contributed by atoms with E-state index in [1.54, 1.807) is 0 Å². The van der Waals surface area contributed by atoms with E-state index in [0.29, 0.717) is 12.1 Å². The molecule has 5 heteroatoms. The molecule has 1 aliphatic heterocycles. The molecule has 1 saturated heterocycles. The first-order chi connectivity index (χ1) is 7.61. The van der Waals surface area contributed by atoms with Gasteiger partial charge in [-0.05, 0) is 35.3 Å². The third-order valence-corrected chi connectivity index (χ3v) is 3.72. The molecular weight excluding hydrogens is 277 g/mol. The number of phenols is 2. The van der Waals surface area contributed by atoms with Crippen LogP contribution in [0.25, 0.3) is 0 Å². The summed E-state index contributed by atoms with van der Waals surface area (Å²) in [5, 5.41) is 22.4. The Balaban J connectivity index is 2.45. The SMILES string of the molecule is Oc1cc(F)c(Br)c(C2CCCNC2)c1O. The van der Waals surface area contributed by atoms with Crippen LogP contribution < -0.4 is 5.32 Å². The third-order valence-electron chi connectivity index (χ3n) is 2.91. The van der Waals surface area contributed by atoms with Crippen molar-refractivity contribution in [2.24, 2.45) is 0 Å². The minimum Gasteiger partial charge on any atom is -0.504 e. The molecule has 88 valence electrons. The van der Waals surface area contributed by atoms with Gasteiger partial charge in [-0.15, -0.1) is 0 Å². The molecule has 1 aromatic carbocycles. The first-order valence-corrected chi connectivity index (χ1v) is 6.01. The van der Waals surface area contributed by atoms with Crippen LogP contribution in [0.5, 0.6) is 11.5 Å². The molecule has 2 rings (SSSR count). The third kappa shape index (κ3) is 2.01. The minimum absolute atomic E-state index is 0.0322. The van der Waals surface area contributed by atoms with Crippen LogP contribution in [-0.2, 0) is 0 Å². The Bertz CT molecular complexity index is 379. The van der Waals surface area contributed by atoms with Crippen LogP contribution in [0.2, 0.25) is 0 Å². The van der Waals surface area contributed by atoms with E-state index >= 15 is 0 Å². The standard InChI is InChI=1S/C11H13BrFNO2/c12-10-7(13)4-8(15)11(16)9(10)6-2-1-3-14-5-6/h4,6,14-16H,1-3,5H2. The maximum atomic E-state index is 13.4. The van der Waals surface area contributed by atoms with E-state index in [4.69, 9.17) is 0 Å². The molecule has 0 radical (unpaired) electrons. The van der Waals surface area contributed by atoms with Crippen molar-refractivity contribution >= 4 is 15.9 Å². The zero-order valence-electron chi connectivity index (χ0n) is 8.63. The predicted octanol–water partition coefficient (Wildman–Crippen LogP) is 2.47. The van der Waals surface area contributed by atoms with E-state index in [-0.39, 0.29) is 16.1 Å².